The van der Waals surface area contributed by atoms with E-state index in [2.05, 4.69) is 45.7 Å². The van der Waals surface area contributed by atoms with Crippen LogP contribution in [0, 0.1) is 11.3 Å². The minimum Gasteiger partial charge on any atom is -0.385 e. The van der Waals surface area contributed by atoms with Crippen molar-refractivity contribution in [1.29, 1.82) is 5.26 Å². The highest BCUT2D eigenvalue weighted by molar-refractivity contribution is 7.41. The largest absolute Gasteiger partial charge is 0.385 e. The van der Waals surface area contributed by atoms with Crippen molar-refractivity contribution in [2.45, 2.75) is 46.0 Å². The lowest BCUT2D eigenvalue weighted by atomic mass is 9.98. The zero-order chi connectivity index (χ0) is 20.1. The molecule has 2 aromatic carbocycles. The molecule has 3 nitrogen and oxygen atoms in total. The number of nitrogens with one attached hydrogen (secondary N) is 1. The van der Waals surface area contributed by atoms with Crippen molar-refractivity contribution >= 4 is 42.4 Å². The summed E-state index contributed by atoms with van der Waals surface area (Å²) in [6.45, 7) is 5.14. The summed E-state index contributed by atoms with van der Waals surface area (Å²) in [7, 11) is 2.14. The molecule has 3 rings (SSSR count). The molecule has 2 aromatic rings. The molecule has 0 fully saturated rings. The highest BCUT2D eigenvalue weighted by Crippen LogP contribution is 2.48. The Morgan fingerprint density at radius 1 is 1.14 bits per heavy atom. The number of allylic oxidation sites excluding steroid dienone is 4. The number of hydrogen-bond donors (Lipinski definition) is 1. The lowest BCUT2D eigenvalue weighted by Crippen LogP contribution is -2.02. The van der Waals surface area contributed by atoms with E-state index in [0.29, 0.717) is 0 Å². The molecule has 0 heterocycles. The fourth-order valence-corrected chi connectivity index (χ4v) is 4.24. The molecule has 0 saturated heterocycles. The third-order valence-electron chi connectivity index (χ3n) is 5.36. The summed E-state index contributed by atoms with van der Waals surface area (Å²) in [4.78, 5) is 12.1. The van der Waals surface area contributed by atoms with E-state index in [0.717, 1.165) is 51.7 Å². The lowest BCUT2D eigenvalue weighted by molar-refractivity contribution is -0.107. The molecule has 0 radical (unpaired) electrons. The highest BCUT2D eigenvalue weighted by atomic mass is 31.0. The van der Waals surface area contributed by atoms with Gasteiger partial charge in [-0.15, -0.1) is 0 Å². The van der Waals surface area contributed by atoms with Crippen LogP contribution in [0.2, 0.25) is 0 Å². The molecule has 28 heavy (non-hydrogen) atoms. The van der Waals surface area contributed by atoms with Gasteiger partial charge in [0.15, 0.2) is 5.52 Å². The van der Waals surface area contributed by atoms with Crippen molar-refractivity contribution < 1.29 is 4.79 Å². The van der Waals surface area contributed by atoms with E-state index in [-0.39, 0.29) is 11.1 Å². The quantitative estimate of drug-likeness (QED) is 0.248. The molecule has 0 amide bonds. The Morgan fingerprint density at radius 3 is 2.61 bits per heavy atom. The van der Waals surface area contributed by atoms with Crippen molar-refractivity contribution in [3.63, 3.8) is 0 Å². The zero-order valence-corrected chi connectivity index (χ0v) is 17.8. The van der Waals surface area contributed by atoms with Gasteiger partial charge in [-0.25, -0.2) is 0 Å². The average Bonchev–Trinajstić information content (AvgIpc) is 3.01. The van der Waals surface area contributed by atoms with Crippen LogP contribution in [-0.2, 0) is 4.79 Å². The number of anilines is 1. The summed E-state index contributed by atoms with van der Waals surface area (Å²) in [6.07, 6.45) is 8.26. The van der Waals surface area contributed by atoms with Gasteiger partial charge in [-0.05, 0) is 41.5 Å². The van der Waals surface area contributed by atoms with Crippen LogP contribution >= 0.6 is 9.24 Å². The molecular weight excluding hydrogens is 363 g/mol. The number of benzene rings is 2. The van der Waals surface area contributed by atoms with Gasteiger partial charge < -0.3 is 5.32 Å². The summed E-state index contributed by atoms with van der Waals surface area (Å²) < 4.78 is 0. The number of carbonyl (C=O) groups excluding carboxylic acids is 1. The molecule has 0 bridgehead atoms. The number of nitriles is 1. The molecular formula is C24H27N2OP. The van der Waals surface area contributed by atoms with Gasteiger partial charge in [0, 0.05) is 23.2 Å². The second kappa shape index (κ2) is 9.18. The van der Waals surface area contributed by atoms with E-state index < -0.39 is 0 Å². The van der Waals surface area contributed by atoms with Crippen molar-refractivity contribution in [3.8, 4) is 6.07 Å². The first kappa shape index (κ1) is 20.3. The van der Waals surface area contributed by atoms with Crippen LogP contribution in [0.3, 0.4) is 0 Å². The van der Waals surface area contributed by atoms with Crippen LogP contribution in [0.25, 0.3) is 21.9 Å². The number of unbranched alkanes of at least 4 members (excludes halogenated alkanes) is 4. The van der Waals surface area contributed by atoms with E-state index in [4.69, 9.17) is 0 Å². The minimum atomic E-state index is -0.271. The Morgan fingerprint density at radius 2 is 1.93 bits per heavy atom. The number of rotatable bonds is 8. The van der Waals surface area contributed by atoms with Crippen LogP contribution in [0.4, 0.5) is 5.69 Å². The minimum absolute atomic E-state index is 0.201. The summed E-state index contributed by atoms with van der Waals surface area (Å²) in [6, 6.07) is 12.5. The third kappa shape index (κ3) is 3.75. The van der Waals surface area contributed by atoms with Gasteiger partial charge in [0.1, 0.15) is 11.6 Å². The van der Waals surface area contributed by atoms with Gasteiger partial charge in [-0.2, -0.15) is 5.26 Å². The standard InChI is InChI=1S/C24H27N2OP/c1-3-5-6-7-8-14-26-21-13-12-17-16(4-2)22(20(15-25)24(27)28)19-11-9-10-18(21)23(17)19/h4,9-13,26H,3,5-8,14,28H2,1-2H3/b16-4+,22-20+. The van der Waals surface area contributed by atoms with E-state index in [1.807, 2.05) is 25.1 Å². The van der Waals surface area contributed by atoms with Crippen LogP contribution in [0.1, 0.15) is 57.1 Å². The maximum atomic E-state index is 12.1. The van der Waals surface area contributed by atoms with E-state index >= 15 is 0 Å². The highest BCUT2D eigenvalue weighted by Gasteiger charge is 2.28. The van der Waals surface area contributed by atoms with Crippen LogP contribution in [0.5, 0.6) is 0 Å². The fraction of sp³-hybridized carbons (Fsp3) is 0.333. The maximum Gasteiger partial charge on any atom is 0.189 e. The molecule has 0 spiro atoms. The van der Waals surface area contributed by atoms with Crippen LogP contribution < -0.4 is 5.32 Å². The first-order valence-corrected chi connectivity index (χ1v) is 10.6. The summed E-state index contributed by atoms with van der Waals surface area (Å²) in [5, 5.41) is 15.4. The Kier molecular flexibility index (Phi) is 6.65. The molecule has 1 aliphatic rings. The molecule has 1 N–H and O–H groups in total. The van der Waals surface area contributed by atoms with E-state index in [1.54, 1.807) is 0 Å². The molecule has 1 atom stereocenters. The summed E-state index contributed by atoms with van der Waals surface area (Å²) in [5.74, 6) is 0. The summed E-state index contributed by atoms with van der Waals surface area (Å²) in [5.41, 5.74) is 4.82. The van der Waals surface area contributed by atoms with Crippen LogP contribution in [0.15, 0.2) is 42.0 Å². The van der Waals surface area contributed by atoms with E-state index in [9.17, 15) is 10.1 Å². The van der Waals surface area contributed by atoms with Gasteiger partial charge in [0.25, 0.3) is 0 Å². The molecule has 144 valence electrons. The van der Waals surface area contributed by atoms with Gasteiger partial charge in [0.05, 0.1) is 0 Å². The SMILES string of the molecule is C/C=C1/C(=C(/C#N)C(=O)P)c2cccc3c(NCCCCCCC)ccc1c23. The average molecular weight is 390 g/mol. The smallest absolute Gasteiger partial charge is 0.189 e. The zero-order valence-electron chi connectivity index (χ0n) is 16.6. The predicted molar refractivity (Wildman–Crippen MR) is 122 cm³/mol. The molecule has 1 unspecified atom stereocenters. The molecule has 4 heteroatoms. The van der Waals surface area contributed by atoms with Crippen molar-refractivity contribution in [2.75, 3.05) is 11.9 Å². The topological polar surface area (TPSA) is 52.9 Å². The first-order valence-electron chi connectivity index (χ1n) is 10.0. The van der Waals surface area contributed by atoms with Gasteiger partial charge in [-0.1, -0.05) is 72.2 Å². The second-order valence-corrected chi connectivity index (χ2v) is 7.68. The molecule has 0 aromatic heterocycles. The lowest BCUT2D eigenvalue weighted by Gasteiger charge is -2.11. The number of nitrogens with zero attached hydrogens (tertiary/aromatic N) is 1. The van der Waals surface area contributed by atoms with Gasteiger partial charge in [0.2, 0.25) is 0 Å². The number of hydrogen-bond acceptors (Lipinski definition) is 3. The molecule has 1 aliphatic carbocycles. The van der Waals surface area contributed by atoms with Gasteiger partial charge in [-0.3, -0.25) is 4.79 Å². The van der Waals surface area contributed by atoms with Crippen molar-refractivity contribution in [2.24, 2.45) is 0 Å². The predicted octanol–water partition coefficient (Wildman–Crippen LogP) is 6.32. The van der Waals surface area contributed by atoms with Crippen LogP contribution in [-0.4, -0.2) is 12.1 Å². The summed E-state index contributed by atoms with van der Waals surface area (Å²) >= 11 is 0. The number of carbonyl (C=O) groups is 1. The Bertz CT molecular complexity index is 1010. The second-order valence-electron chi connectivity index (χ2n) is 7.16. The molecule has 0 saturated carbocycles. The first-order chi connectivity index (χ1) is 13.6. The van der Waals surface area contributed by atoms with Gasteiger partial charge >= 0.3 is 0 Å². The maximum absolute atomic E-state index is 12.1. The molecule has 0 aliphatic heterocycles. The Hall–Kier alpha value is -2.43. The fourth-order valence-electron chi connectivity index (χ4n) is 4.03. The van der Waals surface area contributed by atoms with Crippen molar-refractivity contribution in [3.05, 3.63) is 53.1 Å². The Balaban J connectivity index is 2.01. The Labute approximate surface area is 169 Å². The van der Waals surface area contributed by atoms with E-state index in [1.165, 1.54) is 25.7 Å². The normalized spacial score (nSPS) is 15.7. The van der Waals surface area contributed by atoms with Crippen molar-refractivity contribution in [1.82, 2.24) is 0 Å². The monoisotopic (exact) mass is 390 g/mol. The third-order valence-corrected chi connectivity index (χ3v) is 5.65.